The molecule has 0 saturated carbocycles. The summed E-state index contributed by atoms with van der Waals surface area (Å²) in [4.78, 5) is 15.3. The average Bonchev–Trinajstić information content (AvgIpc) is 3.26. The van der Waals surface area contributed by atoms with Crippen molar-refractivity contribution in [1.29, 1.82) is 0 Å². The molecule has 5 rings (SSSR count). The summed E-state index contributed by atoms with van der Waals surface area (Å²) in [5.41, 5.74) is 3.66. The molecule has 1 N–H and O–H groups in total. The van der Waals surface area contributed by atoms with Gasteiger partial charge in [0.2, 0.25) is 5.91 Å². The number of thioether (sulfide) groups is 1. The van der Waals surface area contributed by atoms with Crippen molar-refractivity contribution in [3.63, 3.8) is 0 Å². The summed E-state index contributed by atoms with van der Waals surface area (Å²) in [5, 5.41) is 13.0. The molecular formula is C26H31N5OS. The van der Waals surface area contributed by atoms with Crippen LogP contribution in [-0.2, 0) is 17.8 Å². The molecule has 172 valence electrons. The molecule has 2 heterocycles. The highest BCUT2D eigenvalue weighted by atomic mass is 32.2. The molecule has 1 aromatic heterocycles. The molecule has 7 heteroatoms. The van der Waals surface area contributed by atoms with Crippen molar-refractivity contribution in [2.75, 3.05) is 18.8 Å². The number of fused-ring (bicyclic) bond motifs is 1. The molecule has 0 bridgehead atoms. The quantitative estimate of drug-likeness (QED) is 0.524. The average molecular weight is 462 g/mol. The number of aromatic nitrogens is 3. The van der Waals surface area contributed by atoms with E-state index in [4.69, 9.17) is 0 Å². The van der Waals surface area contributed by atoms with Gasteiger partial charge in [-0.1, -0.05) is 60.6 Å². The fraction of sp³-hybridized carbons (Fsp3) is 0.423. The van der Waals surface area contributed by atoms with Crippen LogP contribution < -0.4 is 5.32 Å². The van der Waals surface area contributed by atoms with E-state index >= 15 is 0 Å². The summed E-state index contributed by atoms with van der Waals surface area (Å²) in [6.45, 7) is 3.00. The first-order chi connectivity index (χ1) is 16.3. The van der Waals surface area contributed by atoms with Gasteiger partial charge in [0, 0.05) is 5.69 Å². The van der Waals surface area contributed by atoms with Gasteiger partial charge < -0.3 is 5.32 Å². The number of hydrogen-bond donors (Lipinski definition) is 1. The van der Waals surface area contributed by atoms with Crippen molar-refractivity contribution in [3.05, 3.63) is 71.5 Å². The molecule has 6 nitrogen and oxygen atoms in total. The number of nitrogens with zero attached hydrogens (tertiary/aromatic N) is 4. The lowest BCUT2D eigenvalue weighted by atomic mass is 9.88. The van der Waals surface area contributed by atoms with Crippen molar-refractivity contribution in [2.45, 2.75) is 56.3 Å². The Morgan fingerprint density at radius 1 is 0.970 bits per heavy atom. The molecule has 3 aromatic rings. The van der Waals surface area contributed by atoms with Crippen molar-refractivity contribution >= 4 is 17.7 Å². The van der Waals surface area contributed by atoms with Crippen LogP contribution in [0.2, 0.25) is 0 Å². The largest absolute Gasteiger partial charge is 0.349 e. The highest BCUT2D eigenvalue weighted by Crippen LogP contribution is 2.30. The van der Waals surface area contributed by atoms with Gasteiger partial charge in [-0.05, 0) is 68.5 Å². The van der Waals surface area contributed by atoms with Gasteiger partial charge in [0.25, 0.3) is 0 Å². The predicted octanol–water partition coefficient (Wildman–Crippen LogP) is 4.54. The zero-order valence-electron chi connectivity index (χ0n) is 18.9. The fourth-order valence-corrected chi connectivity index (χ4v) is 5.70. The maximum Gasteiger partial charge on any atom is 0.230 e. The number of rotatable bonds is 7. The lowest BCUT2D eigenvalue weighted by Gasteiger charge is -2.26. The number of hydrogen-bond acceptors (Lipinski definition) is 5. The Morgan fingerprint density at radius 2 is 1.76 bits per heavy atom. The second-order valence-corrected chi connectivity index (χ2v) is 9.85. The van der Waals surface area contributed by atoms with Crippen molar-refractivity contribution in [3.8, 4) is 5.69 Å². The van der Waals surface area contributed by atoms with E-state index in [0.717, 1.165) is 55.6 Å². The SMILES string of the molecule is O=C(CSc1nnc(CN2CCCCC2)n1-c1ccccc1)NC1CCCc2ccccc21. The van der Waals surface area contributed by atoms with Gasteiger partial charge in [-0.15, -0.1) is 10.2 Å². The van der Waals surface area contributed by atoms with Gasteiger partial charge >= 0.3 is 0 Å². The lowest BCUT2D eigenvalue weighted by molar-refractivity contribution is -0.119. The standard InChI is InChI=1S/C26H31N5OS/c32-25(27-23-15-9-11-20-10-5-6-14-22(20)23)19-33-26-29-28-24(18-30-16-7-2-8-17-30)31(26)21-12-3-1-4-13-21/h1,3-6,10,12-14,23H,2,7-9,11,15-19H2,(H,27,32). The molecule has 1 amide bonds. The molecule has 1 fully saturated rings. The molecule has 2 aromatic carbocycles. The number of aryl methyl sites for hydroxylation is 1. The van der Waals surface area contributed by atoms with E-state index in [2.05, 4.69) is 61.4 Å². The first-order valence-electron chi connectivity index (χ1n) is 12.0. The van der Waals surface area contributed by atoms with E-state index in [-0.39, 0.29) is 11.9 Å². The Labute approximate surface area is 199 Å². The molecule has 1 saturated heterocycles. The zero-order chi connectivity index (χ0) is 22.5. The number of likely N-dealkylation sites (tertiary alicyclic amines) is 1. The van der Waals surface area contributed by atoms with Gasteiger partial charge in [-0.3, -0.25) is 14.3 Å². The first kappa shape index (κ1) is 22.2. The lowest BCUT2D eigenvalue weighted by Crippen LogP contribution is -2.32. The molecule has 1 aliphatic carbocycles. The minimum atomic E-state index is 0.0434. The monoisotopic (exact) mass is 461 g/mol. The summed E-state index contributed by atoms with van der Waals surface area (Å²) in [7, 11) is 0. The van der Waals surface area contributed by atoms with Gasteiger partial charge in [0.1, 0.15) is 0 Å². The highest BCUT2D eigenvalue weighted by molar-refractivity contribution is 7.99. The number of piperidine rings is 1. The second-order valence-electron chi connectivity index (χ2n) is 8.91. The van der Waals surface area contributed by atoms with Gasteiger partial charge in [0.15, 0.2) is 11.0 Å². The molecule has 0 radical (unpaired) electrons. The van der Waals surface area contributed by atoms with Gasteiger partial charge in [-0.25, -0.2) is 0 Å². The van der Waals surface area contributed by atoms with Gasteiger partial charge in [-0.2, -0.15) is 0 Å². The van der Waals surface area contributed by atoms with Crippen LogP contribution in [0.25, 0.3) is 5.69 Å². The summed E-state index contributed by atoms with van der Waals surface area (Å²) in [6.07, 6.45) is 6.99. The molecule has 33 heavy (non-hydrogen) atoms. The van der Waals surface area contributed by atoms with Crippen LogP contribution in [0.3, 0.4) is 0 Å². The van der Waals surface area contributed by atoms with Crippen LogP contribution in [0, 0.1) is 0 Å². The Hall–Kier alpha value is -2.64. The van der Waals surface area contributed by atoms with Crippen LogP contribution in [0.5, 0.6) is 0 Å². The number of amides is 1. The molecule has 2 aliphatic rings. The smallest absolute Gasteiger partial charge is 0.230 e. The third kappa shape index (κ3) is 5.31. The minimum Gasteiger partial charge on any atom is -0.349 e. The van der Waals surface area contributed by atoms with E-state index in [1.165, 1.54) is 42.2 Å². The van der Waals surface area contributed by atoms with E-state index in [1.54, 1.807) is 0 Å². The Balaban J connectivity index is 1.29. The summed E-state index contributed by atoms with van der Waals surface area (Å²) in [6, 6.07) is 18.8. The van der Waals surface area contributed by atoms with E-state index in [9.17, 15) is 4.79 Å². The van der Waals surface area contributed by atoms with E-state index < -0.39 is 0 Å². The predicted molar refractivity (Wildman–Crippen MR) is 131 cm³/mol. The summed E-state index contributed by atoms with van der Waals surface area (Å²) < 4.78 is 2.11. The fourth-order valence-electron chi connectivity index (χ4n) is 4.92. The topological polar surface area (TPSA) is 63.1 Å². The van der Waals surface area contributed by atoms with Crippen molar-refractivity contribution < 1.29 is 4.79 Å². The molecule has 0 spiro atoms. The van der Waals surface area contributed by atoms with Crippen LogP contribution in [0.15, 0.2) is 59.8 Å². The Bertz CT molecular complexity index is 1080. The summed E-state index contributed by atoms with van der Waals surface area (Å²) in [5.74, 6) is 1.31. The highest BCUT2D eigenvalue weighted by Gasteiger charge is 2.23. The number of carbonyl (C=O) groups excluding carboxylic acids is 1. The van der Waals surface area contributed by atoms with Crippen molar-refractivity contribution in [1.82, 2.24) is 25.0 Å². The maximum absolute atomic E-state index is 12.9. The molecular weight excluding hydrogens is 430 g/mol. The number of para-hydroxylation sites is 1. The van der Waals surface area contributed by atoms with Crippen LogP contribution >= 0.6 is 11.8 Å². The maximum atomic E-state index is 12.9. The second kappa shape index (κ2) is 10.5. The Morgan fingerprint density at radius 3 is 2.61 bits per heavy atom. The van der Waals surface area contributed by atoms with Crippen LogP contribution in [0.4, 0.5) is 0 Å². The molecule has 1 unspecified atom stereocenters. The van der Waals surface area contributed by atoms with E-state index in [1.807, 2.05) is 18.2 Å². The third-order valence-electron chi connectivity index (χ3n) is 6.57. The van der Waals surface area contributed by atoms with E-state index in [0.29, 0.717) is 5.75 Å². The van der Waals surface area contributed by atoms with Crippen LogP contribution in [0.1, 0.15) is 55.1 Å². The molecule has 1 atom stereocenters. The normalized spacial score (nSPS) is 18.6. The molecule has 1 aliphatic heterocycles. The zero-order valence-corrected chi connectivity index (χ0v) is 19.8. The number of nitrogens with one attached hydrogen (secondary N) is 1. The third-order valence-corrected chi connectivity index (χ3v) is 7.49. The minimum absolute atomic E-state index is 0.0434. The summed E-state index contributed by atoms with van der Waals surface area (Å²) >= 11 is 1.46. The first-order valence-corrected chi connectivity index (χ1v) is 13.0. The Kier molecular flexibility index (Phi) is 7.07. The van der Waals surface area contributed by atoms with Crippen LogP contribution in [-0.4, -0.2) is 44.4 Å². The van der Waals surface area contributed by atoms with Gasteiger partial charge in [0.05, 0.1) is 18.3 Å². The number of carbonyl (C=O) groups is 1. The number of benzene rings is 2. The van der Waals surface area contributed by atoms with Crippen molar-refractivity contribution in [2.24, 2.45) is 0 Å².